The van der Waals surface area contributed by atoms with Crippen molar-refractivity contribution in [3.63, 3.8) is 0 Å². The van der Waals surface area contributed by atoms with Crippen LogP contribution in [0.4, 0.5) is 0 Å². The van der Waals surface area contributed by atoms with Crippen molar-refractivity contribution >= 4 is 27.6 Å². The molecule has 2 heterocycles. The van der Waals surface area contributed by atoms with Crippen molar-refractivity contribution < 1.29 is 14.7 Å². The fourth-order valence-electron chi connectivity index (χ4n) is 3.37. The van der Waals surface area contributed by atoms with E-state index in [4.69, 9.17) is 9.94 Å². The molecule has 0 aliphatic carbocycles. The van der Waals surface area contributed by atoms with Gasteiger partial charge in [-0.25, -0.2) is 0 Å². The van der Waals surface area contributed by atoms with Gasteiger partial charge in [0.2, 0.25) is 0 Å². The number of hydrogen-bond acceptors (Lipinski definition) is 4. The predicted molar refractivity (Wildman–Crippen MR) is 102 cm³/mol. The van der Waals surface area contributed by atoms with Gasteiger partial charge in [-0.3, -0.25) is 9.69 Å². The first-order valence-electron chi connectivity index (χ1n) is 8.62. The first-order chi connectivity index (χ1) is 12.6. The first kappa shape index (κ1) is 17.2. The summed E-state index contributed by atoms with van der Waals surface area (Å²) in [7, 11) is 0. The van der Waals surface area contributed by atoms with Crippen LogP contribution >= 0.6 is 15.9 Å². The molecule has 2 aromatic rings. The Hall–Kier alpha value is -2.18. The number of halogens is 1. The standard InChI is InChI=1S/C20H19BrN2O3/c21-17-4-2-1-3-16(17)19-9-18(22-26-19)14-7-5-13(6-8-14)10-23-11-15(12-23)20(24)25/h1-8,15,19H,9-12H2,(H,24,25). The van der Waals surface area contributed by atoms with Gasteiger partial charge >= 0.3 is 5.97 Å². The molecule has 2 aliphatic heterocycles. The molecule has 6 heteroatoms. The number of nitrogens with zero attached hydrogens (tertiary/aromatic N) is 2. The Bertz CT molecular complexity index is 844. The molecule has 0 aromatic heterocycles. The second-order valence-corrected chi connectivity index (χ2v) is 7.64. The summed E-state index contributed by atoms with van der Waals surface area (Å²) in [6, 6.07) is 16.3. The van der Waals surface area contributed by atoms with Crippen molar-refractivity contribution in [2.45, 2.75) is 19.1 Å². The number of rotatable bonds is 5. The maximum atomic E-state index is 10.9. The van der Waals surface area contributed by atoms with Crippen molar-refractivity contribution in [2.24, 2.45) is 11.1 Å². The molecule has 0 amide bonds. The molecule has 0 saturated carbocycles. The highest BCUT2D eigenvalue weighted by atomic mass is 79.9. The van der Waals surface area contributed by atoms with Crippen molar-refractivity contribution in [3.8, 4) is 0 Å². The van der Waals surface area contributed by atoms with E-state index in [0.717, 1.165) is 34.3 Å². The third kappa shape index (κ3) is 3.52. The quantitative estimate of drug-likeness (QED) is 0.807. The Morgan fingerprint density at radius 3 is 2.62 bits per heavy atom. The van der Waals surface area contributed by atoms with Crippen molar-refractivity contribution in [1.29, 1.82) is 0 Å². The van der Waals surface area contributed by atoms with Crippen LogP contribution in [0.15, 0.2) is 58.2 Å². The van der Waals surface area contributed by atoms with E-state index in [2.05, 4.69) is 50.3 Å². The van der Waals surface area contributed by atoms with Gasteiger partial charge < -0.3 is 9.94 Å². The van der Waals surface area contributed by atoms with E-state index in [1.807, 2.05) is 24.3 Å². The van der Waals surface area contributed by atoms with Crippen molar-refractivity contribution in [2.75, 3.05) is 13.1 Å². The van der Waals surface area contributed by atoms with E-state index in [1.165, 1.54) is 5.56 Å². The summed E-state index contributed by atoms with van der Waals surface area (Å²) in [5.74, 6) is -0.913. The predicted octanol–water partition coefficient (Wildman–Crippen LogP) is 3.83. The van der Waals surface area contributed by atoms with Gasteiger partial charge in [0.05, 0.1) is 11.6 Å². The Balaban J connectivity index is 1.36. The highest BCUT2D eigenvalue weighted by molar-refractivity contribution is 9.10. The first-order valence-corrected chi connectivity index (χ1v) is 9.41. The lowest BCUT2D eigenvalue weighted by Crippen LogP contribution is -2.49. The highest BCUT2D eigenvalue weighted by Crippen LogP contribution is 2.33. The maximum absolute atomic E-state index is 10.9. The van der Waals surface area contributed by atoms with Gasteiger partial charge in [-0.1, -0.05) is 63.6 Å². The minimum absolute atomic E-state index is 0.0608. The number of hydrogen-bond donors (Lipinski definition) is 1. The van der Waals surface area contributed by atoms with E-state index < -0.39 is 5.97 Å². The molecule has 26 heavy (non-hydrogen) atoms. The highest BCUT2D eigenvalue weighted by Gasteiger charge is 2.32. The Kier molecular flexibility index (Phi) is 4.78. The summed E-state index contributed by atoms with van der Waals surface area (Å²) in [6.07, 6.45) is 0.684. The summed E-state index contributed by atoms with van der Waals surface area (Å²) >= 11 is 3.57. The van der Waals surface area contributed by atoms with Gasteiger partial charge in [0.15, 0.2) is 6.10 Å². The number of likely N-dealkylation sites (tertiary alicyclic amines) is 1. The summed E-state index contributed by atoms with van der Waals surface area (Å²) in [5, 5.41) is 13.2. The van der Waals surface area contributed by atoms with Gasteiger partial charge in [-0.05, 0) is 17.2 Å². The number of carbonyl (C=O) groups is 1. The summed E-state index contributed by atoms with van der Waals surface area (Å²) in [4.78, 5) is 18.6. The molecule has 1 saturated heterocycles. The Morgan fingerprint density at radius 2 is 1.92 bits per heavy atom. The number of carboxylic acid groups (broad SMARTS) is 1. The average molecular weight is 415 g/mol. The lowest BCUT2D eigenvalue weighted by atomic mass is 9.98. The van der Waals surface area contributed by atoms with Crippen LogP contribution in [0.2, 0.25) is 0 Å². The minimum Gasteiger partial charge on any atom is -0.481 e. The van der Waals surface area contributed by atoms with Crippen LogP contribution < -0.4 is 0 Å². The van der Waals surface area contributed by atoms with Crippen LogP contribution in [0.25, 0.3) is 0 Å². The normalized spacial score (nSPS) is 20.3. The maximum Gasteiger partial charge on any atom is 0.309 e. The molecule has 0 radical (unpaired) electrons. The van der Waals surface area contributed by atoms with E-state index in [1.54, 1.807) is 0 Å². The summed E-state index contributed by atoms with van der Waals surface area (Å²) < 4.78 is 1.03. The third-order valence-electron chi connectivity index (χ3n) is 4.92. The summed E-state index contributed by atoms with van der Waals surface area (Å²) in [6.45, 7) is 2.04. The number of benzene rings is 2. The molecule has 5 nitrogen and oxygen atoms in total. The molecule has 1 unspecified atom stereocenters. The molecule has 1 N–H and O–H groups in total. The zero-order valence-electron chi connectivity index (χ0n) is 14.1. The largest absolute Gasteiger partial charge is 0.481 e. The zero-order chi connectivity index (χ0) is 18.1. The molecule has 1 atom stereocenters. The fourth-order valence-corrected chi connectivity index (χ4v) is 3.91. The van der Waals surface area contributed by atoms with E-state index in [-0.39, 0.29) is 12.0 Å². The molecule has 1 fully saturated rings. The fraction of sp³-hybridized carbons (Fsp3) is 0.300. The molecule has 2 aliphatic rings. The van der Waals surface area contributed by atoms with E-state index in [9.17, 15) is 4.79 Å². The average Bonchev–Trinajstić information content (AvgIpc) is 3.08. The van der Waals surface area contributed by atoms with Gasteiger partial charge in [0.1, 0.15) is 0 Å². The van der Waals surface area contributed by atoms with Crippen LogP contribution in [-0.2, 0) is 16.2 Å². The van der Waals surface area contributed by atoms with Crippen LogP contribution in [0.5, 0.6) is 0 Å². The van der Waals surface area contributed by atoms with Crippen LogP contribution in [0, 0.1) is 5.92 Å². The van der Waals surface area contributed by atoms with Crippen molar-refractivity contribution in [3.05, 3.63) is 69.7 Å². The Labute approximate surface area is 160 Å². The number of carboxylic acids is 1. The topological polar surface area (TPSA) is 62.1 Å². The lowest BCUT2D eigenvalue weighted by Gasteiger charge is -2.36. The van der Waals surface area contributed by atoms with Gasteiger partial charge in [0.25, 0.3) is 0 Å². The molecule has 0 spiro atoms. The third-order valence-corrected chi connectivity index (χ3v) is 5.64. The zero-order valence-corrected chi connectivity index (χ0v) is 15.7. The minimum atomic E-state index is -0.699. The van der Waals surface area contributed by atoms with Gasteiger partial charge in [0, 0.05) is 36.1 Å². The molecule has 134 valence electrons. The molecule has 0 bridgehead atoms. The monoisotopic (exact) mass is 414 g/mol. The number of aliphatic carboxylic acids is 1. The number of oxime groups is 1. The molecular formula is C20H19BrN2O3. The van der Waals surface area contributed by atoms with Gasteiger partial charge in [-0.15, -0.1) is 0 Å². The summed E-state index contributed by atoms with van der Waals surface area (Å²) in [5.41, 5.74) is 4.30. The second kappa shape index (κ2) is 7.21. The van der Waals surface area contributed by atoms with Gasteiger partial charge in [-0.2, -0.15) is 0 Å². The molecule has 2 aromatic carbocycles. The second-order valence-electron chi connectivity index (χ2n) is 6.78. The SMILES string of the molecule is O=C(O)C1CN(Cc2ccc(C3=NOC(c4ccccc4Br)C3)cc2)C1. The smallest absolute Gasteiger partial charge is 0.309 e. The van der Waals surface area contributed by atoms with Crippen molar-refractivity contribution in [1.82, 2.24) is 4.90 Å². The lowest BCUT2D eigenvalue weighted by molar-refractivity contribution is -0.147. The van der Waals surface area contributed by atoms with E-state index >= 15 is 0 Å². The van der Waals surface area contributed by atoms with Crippen LogP contribution in [0.1, 0.15) is 29.2 Å². The molecule has 4 rings (SSSR count). The van der Waals surface area contributed by atoms with Crippen LogP contribution in [-0.4, -0.2) is 34.8 Å². The van der Waals surface area contributed by atoms with Crippen LogP contribution in [0.3, 0.4) is 0 Å². The van der Waals surface area contributed by atoms with E-state index in [0.29, 0.717) is 13.1 Å². The molecular weight excluding hydrogens is 396 g/mol. The Morgan fingerprint density at radius 1 is 1.19 bits per heavy atom.